The molecule has 0 aliphatic carbocycles. The van der Waals surface area contributed by atoms with Crippen molar-refractivity contribution >= 4 is 31.2 Å². The van der Waals surface area contributed by atoms with Crippen LogP contribution in [-0.2, 0) is 17.8 Å². The smallest absolute Gasteiger partial charge is 0.317 e. The third kappa shape index (κ3) is 10.8. The van der Waals surface area contributed by atoms with Gasteiger partial charge in [-0.3, -0.25) is 4.79 Å². The zero-order chi connectivity index (χ0) is 16.0. The van der Waals surface area contributed by atoms with Crippen molar-refractivity contribution in [1.82, 2.24) is 0 Å². The number of hydrogen-bond acceptors (Lipinski definition) is 4. The van der Waals surface area contributed by atoms with E-state index in [0.29, 0.717) is 13.0 Å². The first-order chi connectivity index (χ1) is 8.87. The molecule has 0 heterocycles. The Morgan fingerprint density at radius 3 is 1.70 bits per heavy atom. The molecule has 0 aromatic carbocycles. The van der Waals surface area contributed by atoms with Crippen LogP contribution in [0.15, 0.2) is 0 Å². The molecule has 0 rings (SSSR count). The van der Waals surface area contributed by atoms with E-state index in [1.54, 1.807) is 0 Å². The van der Waals surface area contributed by atoms with E-state index >= 15 is 0 Å². The lowest BCUT2D eigenvalue weighted by Crippen LogP contribution is -2.53. The van der Waals surface area contributed by atoms with Gasteiger partial charge in [-0.1, -0.05) is 6.92 Å². The minimum Gasteiger partial charge on any atom is -0.466 e. The average Bonchev–Trinajstić information content (AvgIpc) is 2.10. The van der Waals surface area contributed by atoms with Crippen molar-refractivity contribution in [2.75, 3.05) is 6.61 Å². The van der Waals surface area contributed by atoms with E-state index in [1.165, 1.54) is 0 Å². The molecule has 0 spiro atoms. The van der Waals surface area contributed by atoms with E-state index < -0.39 is 25.2 Å². The third-order valence-electron chi connectivity index (χ3n) is 2.32. The molecule has 7 heteroatoms. The van der Waals surface area contributed by atoms with Crippen LogP contribution in [0.1, 0.15) is 19.8 Å². The van der Waals surface area contributed by atoms with Crippen molar-refractivity contribution in [3.63, 3.8) is 0 Å². The normalized spacial score (nSPS) is 13.4. The number of ether oxygens (including phenoxy) is 1. The lowest BCUT2D eigenvalue weighted by Gasteiger charge is -2.38. The molecule has 0 saturated heterocycles. The first-order valence-electron chi connectivity index (χ1n) is 7.43. The Labute approximate surface area is 127 Å². The number of hydrogen-bond donors (Lipinski definition) is 0. The van der Waals surface area contributed by atoms with E-state index in [1.807, 2.05) is 6.92 Å². The van der Waals surface area contributed by atoms with Gasteiger partial charge in [0.1, 0.15) is 0 Å². The Morgan fingerprint density at radius 1 is 0.900 bits per heavy atom. The molecule has 120 valence electrons. The molecular formula is C13H32O4Si3. The molecule has 0 aromatic heterocycles. The highest BCUT2D eigenvalue weighted by atomic mass is 28.5. The van der Waals surface area contributed by atoms with Crippen molar-refractivity contribution < 1.29 is 17.8 Å². The van der Waals surface area contributed by atoms with Gasteiger partial charge in [0.15, 0.2) is 16.6 Å². The topological polar surface area (TPSA) is 44.8 Å². The molecule has 0 bridgehead atoms. The molecule has 20 heavy (non-hydrogen) atoms. The van der Waals surface area contributed by atoms with Crippen LogP contribution in [0.2, 0.25) is 51.9 Å². The van der Waals surface area contributed by atoms with Crippen molar-refractivity contribution in [3.05, 3.63) is 0 Å². The summed E-state index contributed by atoms with van der Waals surface area (Å²) >= 11 is 0. The minimum atomic E-state index is -2.26. The number of esters is 1. The quantitative estimate of drug-likeness (QED) is 0.469. The Balaban J connectivity index is 4.58. The van der Waals surface area contributed by atoms with Crippen molar-refractivity contribution in [1.29, 1.82) is 0 Å². The Bertz CT molecular complexity index is 292. The standard InChI is InChI=1S/C13H32O4Si3/c1-9-10-13(14)15-11-12-20(8,16-18(2,3)4)17-19(5,6)7/h9-12H2,1-8H3. The summed E-state index contributed by atoms with van der Waals surface area (Å²) in [4.78, 5) is 11.4. The molecule has 0 aliphatic heterocycles. The van der Waals surface area contributed by atoms with Crippen LogP contribution >= 0.6 is 0 Å². The summed E-state index contributed by atoms with van der Waals surface area (Å²) in [5.41, 5.74) is 0. The maximum Gasteiger partial charge on any atom is 0.317 e. The summed E-state index contributed by atoms with van der Waals surface area (Å²) in [5.74, 6) is -0.121. The Hall–Kier alpha value is 0.0406. The van der Waals surface area contributed by atoms with E-state index in [4.69, 9.17) is 13.0 Å². The lowest BCUT2D eigenvalue weighted by atomic mass is 10.3. The predicted molar refractivity (Wildman–Crippen MR) is 91.2 cm³/mol. The van der Waals surface area contributed by atoms with E-state index in [2.05, 4.69) is 45.8 Å². The van der Waals surface area contributed by atoms with Gasteiger partial charge in [0, 0.05) is 12.5 Å². The molecule has 4 nitrogen and oxygen atoms in total. The highest BCUT2D eigenvalue weighted by Gasteiger charge is 2.40. The summed E-state index contributed by atoms with van der Waals surface area (Å²) < 4.78 is 18.0. The first-order valence-corrected chi connectivity index (χ1v) is 16.8. The van der Waals surface area contributed by atoms with Gasteiger partial charge in [0.2, 0.25) is 0 Å². The van der Waals surface area contributed by atoms with Gasteiger partial charge in [0.25, 0.3) is 0 Å². The molecule has 0 aliphatic rings. The van der Waals surface area contributed by atoms with Crippen molar-refractivity contribution in [3.8, 4) is 0 Å². The number of carbonyl (C=O) groups is 1. The molecule has 0 radical (unpaired) electrons. The van der Waals surface area contributed by atoms with Crippen LogP contribution in [0.5, 0.6) is 0 Å². The maximum atomic E-state index is 11.4. The monoisotopic (exact) mass is 336 g/mol. The lowest BCUT2D eigenvalue weighted by molar-refractivity contribution is -0.143. The largest absolute Gasteiger partial charge is 0.466 e. The van der Waals surface area contributed by atoms with Gasteiger partial charge in [-0.05, 0) is 52.2 Å². The van der Waals surface area contributed by atoms with Crippen LogP contribution in [0.3, 0.4) is 0 Å². The number of rotatable bonds is 9. The summed E-state index contributed by atoms with van der Waals surface area (Å²) in [6, 6.07) is 0.719. The van der Waals surface area contributed by atoms with E-state index in [0.717, 1.165) is 12.5 Å². The van der Waals surface area contributed by atoms with E-state index in [9.17, 15) is 4.79 Å². The van der Waals surface area contributed by atoms with Gasteiger partial charge in [-0.15, -0.1) is 0 Å². The molecule has 0 N–H and O–H groups in total. The highest BCUT2D eigenvalue weighted by Crippen LogP contribution is 2.24. The number of carbonyl (C=O) groups excluding carboxylic acids is 1. The van der Waals surface area contributed by atoms with Gasteiger partial charge in [-0.25, -0.2) is 0 Å². The molecule has 0 amide bonds. The third-order valence-corrected chi connectivity index (χ3v) is 11.8. The first kappa shape index (κ1) is 20.0. The summed E-state index contributed by atoms with van der Waals surface area (Å²) in [6.45, 7) is 17.5. The fraction of sp³-hybridized carbons (Fsp3) is 0.923. The van der Waals surface area contributed by atoms with E-state index in [-0.39, 0.29) is 5.97 Å². The molecule has 0 atom stereocenters. The summed E-state index contributed by atoms with van der Waals surface area (Å²) in [7, 11) is -5.60. The second kappa shape index (κ2) is 7.88. The van der Waals surface area contributed by atoms with Crippen LogP contribution < -0.4 is 0 Å². The van der Waals surface area contributed by atoms with Gasteiger partial charge in [0.05, 0.1) is 6.61 Å². The summed E-state index contributed by atoms with van der Waals surface area (Å²) in [6.07, 6.45) is 1.31. The van der Waals surface area contributed by atoms with Crippen molar-refractivity contribution in [2.45, 2.75) is 71.6 Å². The predicted octanol–water partition coefficient (Wildman–Crippen LogP) is 4.10. The second-order valence-corrected chi connectivity index (χ2v) is 20.1. The average molecular weight is 337 g/mol. The Morgan fingerprint density at radius 2 is 1.35 bits per heavy atom. The van der Waals surface area contributed by atoms with Crippen molar-refractivity contribution in [2.24, 2.45) is 0 Å². The molecular weight excluding hydrogens is 304 g/mol. The van der Waals surface area contributed by atoms with Gasteiger partial charge in [-0.2, -0.15) is 0 Å². The fourth-order valence-corrected chi connectivity index (χ4v) is 14.2. The zero-order valence-electron chi connectivity index (χ0n) is 14.5. The summed E-state index contributed by atoms with van der Waals surface area (Å²) in [5, 5.41) is 0. The maximum absolute atomic E-state index is 11.4. The van der Waals surface area contributed by atoms with Crippen LogP contribution in [-0.4, -0.2) is 37.8 Å². The zero-order valence-corrected chi connectivity index (χ0v) is 17.5. The molecule has 0 saturated carbocycles. The molecule has 0 fully saturated rings. The molecule has 0 unspecified atom stereocenters. The molecule has 0 aromatic rings. The van der Waals surface area contributed by atoms with Gasteiger partial charge < -0.3 is 13.0 Å². The van der Waals surface area contributed by atoms with Crippen LogP contribution in [0.4, 0.5) is 0 Å². The minimum absolute atomic E-state index is 0.121. The highest BCUT2D eigenvalue weighted by molar-refractivity contribution is 6.87. The Kier molecular flexibility index (Phi) is 7.90. The SMILES string of the molecule is CCCC(=O)OCC[Si](C)(O[Si](C)(C)C)O[Si](C)(C)C. The fourth-order valence-electron chi connectivity index (χ4n) is 2.04. The van der Waals surface area contributed by atoms with Crippen LogP contribution in [0, 0.1) is 0 Å². The van der Waals surface area contributed by atoms with Gasteiger partial charge >= 0.3 is 14.5 Å². The van der Waals surface area contributed by atoms with Crippen LogP contribution in [0.25, 0.3) is 0 Å². The second-order valence-electron chi connectivity index (χ2n) is 7.28.